The van der Waals surface area contributed by atoms with Gasteiger partial charge in [0.2, 0.25) is 5.91 Å². The first-order valence-corrected chi connectivity index (χ1v) is 6.82. The fourth-order valence-corrected chi connectivity index (χ4v) is 2.13. The number of hydrogen-bond donors (Lipinski definition) is 1. The summed E-state index contributed by atoms with van der Waals surface area (Å²) >= 11 is 0. The molecule has 0 unspecified atom stereocenters. The van der Waals surface area contributed by atoms with E-state index in [1.165, 1.54) is 0 Å². The Balaban J connectivity index is 1.98. The molecule has 0 heterocycles. The van der Waals surface area contributed by atoms with Crippen LogP contribution in [0.25, 0.3) is 0 Å². The molecule has 114 valence electrons. The molecule has 1 aliphatic carbocycles. The van der Waals surface area contributed by atoms with E-state index in [1.54, 1.807) is 12.0 Å². The van der Waals surface area contributed by atoms with E-state index in [9.17, 15) is 9.59 Å². The number of hydrogen-bond acceptors (Lipinski definition) is 4. The molecular weight excluding hydrogens is 274 g/mol. The summed E-state index contributed by atoms with van der Waals surface area (Å²) in [5.74, 6) is -0.530. The summed E-state index contributed by atoms with van der Waals surface area (Å²) in [4.78, 5) is 24.3. The lowest BCUT2D eigenvalue weighted by molar-refractivity contribution is -0.146. The quantitative estimate of drug-likeness (QED) is 0.781. The molecule has 1 N–H and O–H groups in total. The van der Waals surface area contributed by atoms with E-state index in [4.69, 9.17) is 14.6 Å². The second-order valence-electron chi connectivity index (χ2n) is 4.95. The summed E-state index contributed by atoms with van der Waals surface area (Å²) in [6.07, 6.45) is 1.94. The number of aliphatic carboxylic acids is 1. The summed E-state index contributed by atoms with van der Waals surface area (Å²) in [6.45, 7) is -0.221. The van der Waals surface area contributed by atoms with Crippen LogP contribution in [0, 0.1) is 0 Å². The van der Waals surface area contributed by atoms with Crippen molar-refractivity contribution < 1.29 is 24.2 Å². The van der Waals surface area contributed by atoms with Crippen LogP contribution in [0.2, 0.25) is 0 Å². The van der Waals surface area contributed by atoms with Crippen molar-refractivity contribution >= 4 is 11.9 Å². The van der Waals surface area contributed by atoms with E-state index < -0.39 is 12.6 Å². The van der Waals surface area contributed by atoms with Crippen molar-refractivity contribution in [2.45, 2.75) is 25.4 Å². The van der Waals surface area contributed by atoms with E-state index in [-0.39, 0.29) is 18.6 Å². The Morgan fingerprint density at radius 1 is 1.29 bits per heavy atom. The van der Waals surface area contributed by atoms with Crippen molar-refractivity contribution in [3.05, 3.63) is 29.8 Å². The van der Waals surface area contributed by atoms with E-state index in [1.807, 2.05) is 24.3 Å². The average Bonchev–Trinajstić information content (AvgIpc) is 3.29. The molecule has 0 aromatic heterocycles. The van der Waals surface area contributed by atoms with E-state index in [0.29, 0.717) is 6.54 Å². The van der Waals surface area contributed by atoms with Gasteiger partial charge in [0.25, 0.3) is 0 Å². The van der Waals surface area contributed by atoms with Gasteiger partial charge in [0.15, 0.2) is 0 Å². The first-order valence-electron chi connectivity index (χ1n) is 6.82. The van der Waals surface area contributed by atoms with Crippen molar-refractivity contribution in [1.82, 2.24) is 4.90 Å². The minimum absolute atomic E-state index is 0.190. The Kier molecular flexibility index (Phi) is 5.16. The normalized spacial score (nSPS) is 13.8. The van der Waals surface area contributed by atoms with Crippen LogP contribution >= 0.6 is 0 Å². The third-order valence-corrected chi connectivity index (χ3v) is 3.29. The number of benzene rings is 1. The van der Waals surface area contributed by atoms with Gasteiger partial charge in [-0.15, -0.1) is 0 Å². The highest BCUT2D eigenvalue weighted by Gasteiger charge is 2.33. The highest BCUT2D eigenvalue weighted by Crippen LogP contribution is 2.30. The largest absolute Gasteiger partial charge is 0.496 e. The Morgan fingerprint density at radius 3 is 2.62 bits per heavy atom. The number of methoxy groups -OCH3 is 1. The third kappa shape index (κ3) is 4.46. The number of nitrogens with zero attached hydrogens (tertiary/aromatic N) is 1. The number of para-hydroxylation sites is 1. The average molecular weight is 293 g/mol. The summed E-state index contributed by atoms with van der Waals surface area (Å²) in [5.41, 5.74) is 0.929. The summed E-state index contributed by atoms with van der Waals surface area (Å²) in [7, 11) is 1.60. The molecule has 1 saturated carbocycles. The van der Waals surface area contributed by atoms with Crippen molar-refractivity contribution in [1.29, 1.82) is 0 Å². The van der Waals surface area contributed by atoms with Gasteiger partial charge in [0.1, 0.15) is 19.0 Å². The number of carbonyl (C=O) groups excluding carboxylic acids is 1. The van der Waals surface area contributed by atoms with Crippen LogP contribution in [-0.4, -0.2) is 48.2 Å². The summed E-state index contributed by atoms with van der Waals surface area (Å²) in [6, 6.07) is 7.76. The standard InChI is InChI=1S/C15H19NO5/c1-20-13-5-3-2-4-11(13)8-16(12-6-7-12)14(17)9-21-10-15(18)19/h2-5,12H,6-10H2,1H3,(H,18,19). The molecule has 0 aliphatic heterocycles. The minimum Gasteiger partial charge on any atom is -0.496 e. The Hall–Kier alpha value is -2.08. The van der Waals surface area contributed by atoms with Crippen molar-refractivity contribution in [3.8, 4) is 5.75 Å². The zero-order chi connectivity index (χ0) is 15.2. The van der Waals surface area contributed by atoms with Crippen LogP contribution in [-0.2, 0) is 20.9 Å². The highest BCUT2D eigenvalue weighted by atomic mass is 16.5. The van der Waals surface area contributed by atoms with Crippen LogP contribution < -0.4 is 4.74 Å². The molecule has 1 fully saturated rings. The summed E-state index contributed by atoms with van der Waals surface area (Å²) < 4.78 is 10.2. The predicted molar refractivity (Wildman–Crippen MR) is 75.0 cm³/mol. The van der Waals surface area contributed by atoms with Crippen molar-refractivity contribution in [3.63, 3.8) is 0 Å². The molecular formula is C15H19NO5. The predicted octanol–water partition coefficient (Wildman–Crippen LogP) is 1.29. The first-order chi connectivity index (χ1) is 10.1. The monoisotopic (exact) mass is 293 g/mol. The Morgan fingerprint density at radius 2 is 2.00 bits per heavy atom. The summed E-state index contributed by atoms with van der Waals surface area (Å²) in [5, 5.41) is 8.52. The Labute approximate surface area is 123 Å². The lowest BCUT2D eigenvalue weighted by Gasteiger charge is -2.23. The lowest BCUT2D eigenvalue weighted by atomic mass is 10.2. The lowest BCUT2D eigenvalue weighted by Crippen LogP contribution is -2.36. The molecule has 1 amide bonds. The maximum atomic E-state index is 12.2. The van der Waals surface area contributed by atoms with Gasteiger partial charge in [-0.3, -0.25) is 4.79 Å². The van der Waals surface area contributed by atoms with Gasteiger partial charge < -0.3 is 19.5 Å². The van der Waals surface area contributed by atoms with E-state index in [0.717, 1.165) is 24.2 Å². The van der Waals surface area contributed by atoms with Crippen molar-refractivity contribution in [2.24, 2.45) is 0 Å². The van der Waals surface area contributed by atoms with Gasteiger partial charge in [0, 0.05) is 18.2 Å². The topological polar surface area (TPSA) is 76.1 Å². The van der Waals surface area contributed by atoms with E-state index in [2.05, 4.69) is 0 Å². The zero-order valence-corrected chi connectivity index (χ0v) is 11.9. The molecule has 6 nitrogen and oxygen atoms in total. The van der Waals surface area contributed by atoms with Crippen LogP contribution in [0.15, 0.2) is 24.3 Å². The highest BCUT2D eigenvalue weighted by molar-refractivity contribution is 5.78. The van der Waals surface area contributed by atoms with Crippen molar-refractivity contribution in [2.75, 3.05) is 20.3 Å². The molecule has 2 rings (SSSR count). The molecule has 0 atom stereocenters. The Bertz CT molecular complexity index is 513. The molecule has 1 aromatic carbocycles. The van der Waals surface area contributed by atoms with Gasteiger partial charge in [-0.05, 0) is 18.9 Å². The smallest absolute Gasteiger partial charge is 0.329 e. The second kappa shape index (κ2) is 7.08. The number of rotatable bonds is 8. The zero-order valence-electron chi connectivity index (χ0n) is 11.9. The fraction of sp³-hybridized carbons (Fsp3) is 0.467. The molecule has 1 aliphatic rings. The first kappa shape index (κ1) is 15.3. The third-order valence-electron chi connectivity index (χ3n) is 3.29. The molecule has 1 aromatic rings. The maximum absolute atomic E-state index is 12.2. The number of carboxylic acid groups (broad SMARTS) is 1. The molecule has 0 spiro atoms. The van der Waals surface area contributed by atoms with Gasteiger partial charge >= 0.3 is 5.97 Å². The molecule has 0 saturated heterocycles. The molecule has 0 radical (unpaired) electrons. The van der Waals surface area contributed by atoms with Gasteiger partial charge in [-0.2, -0.15) is 0 Å². The fourth-order valence-electron chi connectivity index (χ4n) is 2.13. The molecule has 6 heteroatoms. The second-order valence-corrected chi connectivity index (χ2v) is 4.95. The van der Waals surface area contributed by atoms with Gasteiger partial charge in [0.05, 0.1) is 7.11 Å². The molecule has 0 bridgehead atoms. The van der Waals surface area contributed by atoms with Crippen LogP contribution in [0.3, 0.4) is 0 Å². The molecule has 21 heavy (non-hydrogen) atoms. The van der Waals surface area contributed by atoms with Crippen LogP contribution in [0.1, 0.15) is 18.4 Å². The van der Waals surface area contributed by atoms with Crippen LogP contribution in [0.4, 0.5) is 0 Å². The number of carbonyl (C=O) groups is 2. The number of amides is 1. The number of carboxylic acids is 1. The maximum Gasteiger partial charge on any atom is 0.329 e. The minimum atomic E-state index is -1.08. The van der Waals surface area contributed by atoms with Gasteiger partial charge in [-0.1, -0.05) is 18.2 Å². The van der Waals surface area contributed by atoms with Crippen LogP contribution in [0.5, 0.6) is 5.75 Å². The SMILES string of the molecule is COc1ccccc1CN(C(=O)COCC(=O)O)C1CC1. The van der Waals surface area contributed by atoms with Gasteiger partial charge in [-0.25, -0.2) is 4.79 Å². The number of ether oxygens (including phenoxy) is 2. The van der Waals surface area contributed by atoms with E-state index >= 15 is 0 Å².